The minimum absolute atomic E-state index is 0.312. The van der Waals surface area contributed by atoms with Crippen molar-refractivity contribution in [3.63, 3.8) is 0 Å². The molecule has 96 valence electrons. The maximum atomic E-state index is 10.1. The van der Waals surface area contributed by atoms with Crippen LogP contribution in [0.3, 0.4) is 0 Å². The SMILES string of the molecule is CCOCC(O)c1ccc(OC)c2ccccc12. The van der Waals surface area contributed by atoms with Gasteiger partial charge in [0.05, 0.1) is 13.7 Å². The molecule has 0 radical (unpaired) electrons. The molecule has 0 fully saturated rings. The minimum atomic E-state index is -0.610. The quantitative estimate of drug-likeness (QED) is 0.881. The van der Waals surface area contributed by atoms with Crippen molar-refractivity contribution in [2.24, 2.45) is 0 Å². The molecule has 3 nitrogen and oxygen atoms in total. The van der Waals surface area contributed by atoms with Crippen LogP contribution in [0.2, 0.25) is 0 Å². The number of ether oxygens (including phenoxy) is 2. The molecule has 0 heterocycles. The van der Waals surface area contributed by atoms with Gasteiger partial charge in [0.15, 0.2) is 0 Å². The lowest BCUT2D eigenvalue weighted by Crippen LogP contribution is -2.07. The lowest BCUT2D eigenvalue weighted by Gasteiger charge is -2.15. The molecule has 2 aromatic carbocycles. The van der Waals surface area contributed by atoms with Crippen LogP contribution in [0, 0.1) is 0 Å². The van der Waals surface area contributed by atoms with Crippen LogP contribution >= 0.6 is 0 Å². The smallest absolute Gasteiger partial charge is 0.126 e. The summed E-state index contributed by atoms with van der Waals surface area (Å²) in [6, 6.07) is 11.7. The molecule has 18 heavy (non-hydrogen) atoms. The van der Waals surface area contributed by atoms with E-state index >= 15 is 0 Å². The lowest BCUT2D eigenvalue weighted by molar-refractivity contribution is 0.0428. The van der Waals surface area contributed by atoms with E-state index in [1.807, 2.05) is 43.3 Å². The minimum Gasteiger partial charge on any atom is -0.496 e. The molecule has 0 saturated heterocycles. The van der Waals surface area contributed by atoms with Crippen molar-refractivity contribution in [1.29, 1.82) is 0 Å². The first kappa shape index (κ1) is 12.9. The van der Waals surface area contributed by atoms with E-state index in [1.54, 1.807) is 7.11 Å². The maximum absolute atomic E-state index is 10.1. The number of methoxy groups -OCH3 is 1. The van der Waals surface area contributed by atoms with Crippen molar-refractivity contribution in [2.45, 2.75) is 13.0 Å². The van der Waals surface area contributed by atoms with E-state index in [-0.39, 0.29) is 0 Å². The molecule has 0 aromatic heterocycles. The Morgan fingerprint density at radius 2 is 1.83 bits per heavy atom. The Hall–Kier alpha value is -1.58. The number of hydrogen-bond acceptors (Lipinski definition) is 3. The monoisotopic (exact) mass is 246 g/mol. The molecule has 0 aliphatic rings. The molecule has 0 saturated carbocycles. The largest absolute Gasteiger partial charge is 0.496 e. The van der Waals surface area contributed by atoms with Gasteiger partial charge in [-0.1, -0.05) is 30.3 Å². The van der Waals surface area contributed by atoms with Gasteiger partial charge >= 0.3 is 0 Å². The van der Waals surface area contributed by atoms with E-state index in [4.69, 9.17) is 9.47 Å². The Kier molecular flexibility index (Phi) is 4.18. The normalized spacial score (nSPS) is 12.6. The second-order valence-electron chi connectivity index (χ2n) is 4.08. The fraction of sp³-hybridized carbons (Fsp3) is 0.333. The van der Waals surface area contributed by atoms with Gasteiger partial charge < -0.3 is 14.6 Å². The number of benzene rings is 2. The molecule has 0 aliphatic heterocycles. The molecule has 0 spiro atoms. The number of aliphatic hydroxyl groups excluding tert-OH is 1. The standard InChI is InChI=1S/C15H18O3/c1-3-18-10-14(16)12-8-9-15(17-2)13-7-5-4-6-11(12)13/h4-9,14,16H,3,10H2,1-2H3. The lowest BCUT2D eigenvalue weighted by atomic mass is 10.00. The molecule has 2 rings (SSSR count). The Morgan fingerprint density at radius 3 is 2.50 bits per heavy atom. The van der Waals surface area contributed by atoms with Gasteiger partial charge in [0.2, 0.25) is 0 Å². The van der Waals surface area contributed by atoms with Crippen molar-refractivity contribution < 1.29 is 14.6 Å². The van der Waals surface area contributed by atoms with E-state index in [1.165, 1.54) is 0 Å². The fourth-order valence-corrected chi connectivity index (χ4v) is 2.08. The Morgan fingerprint density at radius 1 is 1.11 bits per heavy atom. The van der Waals surface area contributed by atoms with Gasteiger partial charge in [0.25, 0.3) is 0 Å². The second kappa shape index (κ2) is 5.85. The number of hydrogen-bond donors (Lipinski definition) is 1. The average molecular weight is 246 g/mol. The van der Waals surface area contributed by atoms with Crippen LogP contribution in [0.15, 0.2) is 36.4 Å². The summed E-state index contributed by atoms with van der Waals surface area (Å²) in [4.78, 5) is 0. The molecular weight excluding hydrogens is 228 g/mol. The van der Waals surface area contributed by atoms with E-state index < -0.39 is 6.10 Å². The van der Waals surface area contributed by atoms with Gasteiger partial charge in [-0.25, -0.2) is 0 Å². The molecule has 1 N–H and O–H groups in total. The van der Waals surface area contributed by atoms with E-state index in [0.29, 0.717) is 13.2 Å². The van der Waals surface area contributed by atoms with Crippen LogP contribution in [0.5, 0.6) is 5.75 Å². The third-order valence-corrected chi connectivity index (χ3v) is 2.98. The molecule has 0 aliphatic carbocycles. The van der Waals surface area contributed by atoms with E-state index in [2.05, 4.69) is 0 Å². The second-order valence-corrected chi connectivity index (χ2v) is 4.08. The Balaban J connectivity index is 2.45. The highest BCUT2D eigenvalue weighted by Crippen LogP contribution is 2.31. The van der Waals surface area contributed by atoms with Gasteiger partial charge in [0.1, 0.15) is 11.9 Å². The van der Waals surface area contributed by atoms with Gasteiger partial charge in [-0.3, -0.25) is 0 Å². The Labute approximate surface area is 107 Å². The van der Waals surface area contributed by atoms with Crippen molar-refractivity contribution in [3.05, 3.63) is 42.0 Å². The fourth-order valence-electron chi connectivity index (χ4n) is 2.08. The predicted molar refractivity (Wildman–Crippen MR) is 72.0 cm³/mol. The molecular formula is C15H18O3. The van der Waals surface area contributed by atoms with Crippen LogP contribution in [-0.2, 0) is 4.74 Å². The summed E-state index contributed by atoms with van der Waals surface area (Å²) in [7, 11) is 1.65. The summed E-state index contributed by atoms with van der Waals surface area (Å²) in [5.41, 5.74) is 0.875. The highest BCUT2D eigenvalue weighted by Gasteiger charge is 2.13. The number of aliphatic hydroxyl groups is 1. The zero-order valence-corrected chi connectivity index (χ0v) is 10.7. The molecule has 1 atom stereocenters. The van der Waals surface area contributed by atoms with Crippen molar-refractivity contribution in [2.75, 3.05) is 20.3 Å². The Bertz CT molecular complexity index is 522. The molecule has 3 heteroatoms. The van der Waals surface area contributed by atoms with Gasteiger partial charge in [-0.15, -0.1) is 0 Å². The highest BCUT2D eigenvalue weighted by molar-refractivity contribution is 5.91. The maximum Gasteiger partial charge on any atom is 0.126 e. The first-order chi connectivity index (χ1) is 8.77. The van der Waals surface area contributed by atoms with E-state index in [9.17, 15) is 5.11 Å². The first-order valence-corrected chi connectivity index (χ1v) is 6.09. The number of fused-ring (bicyclic) bond motifs is 1. The summed E-state index contributed by atoms with van der Waals surface area (Å²) < 4.78 is 10.6. The van der Waals surface area contributed by atoms with Crippen LogP contribution in [-0.4, -0.2) is 25.4 Å². The van der Waals surface area contributed by atoms with Gasteiger partial charge in [-0.05, 0) is 23.9 Å². The van der Waals surface area contributed by atoms with Crippen molar-refractivity contribution in [3.8, 4) is 5.75 Å². The molecule has 0 bridgehead atoms. The van der Waals surface area contributed by atoms with Crippen LogP contribution < -0.4 is 4.74 Å². The summed E-state index contributed by atoms with van der Waals surface area (Å²) in [5.74, 6) is 0.818. The summed E-state index contributed by atoms with van der Waals surface area (Å²) in [6.45, 7) is 2.83. The zero-order chi connectivity index (χ0) is 13.0. The summed E-state index contributed by atoms with van der Waals surface area (Å²) in [5, 5.41) is 12.2. The highest BCUT2D eigenvalue weighted by atomic mass is 16.5. The number of rotatable bonds is 5. The zero-order valence-electron chi connectivity index (χ0n) is 10.7. The van der Waals surface area contributed by atoms with Crippen LogP contribution in [0.25, 0.3) is 10.8 Å². The molecule has 1 unspecified atom stereocenters. The molecule has 0 amide bonds. The van der Waals surface area contributed by atoms with Gasteiger partial charge in [-0.2, -0.15) is 0 Å². The third-order valence-electron chi connectivity index (χ3n) is 2.98. The predicted octanol–water partition coefficient (Wildman–Crippen LogP) is 2.92. The summed E-state index contributed by atoms with van der Waals surface area (Å²) in [6.07, 6.45) is -0.610. The van der Waals surface area contributed by atoms with Crippen LogP contribution in [0.1, 0.15) is 18.6 Å². The average Bonchev–Trinajstić information content (AvgIpc) is 2.43. The van der Waals surface area contributed by atoms with Crippen LogP contribution in [0.4, 0.5) is 0 Å². The van der Waals surface area contributed by atoms with Crippen molar-refractivity contribution >= 4 is 10.8 Å². The molecule has 2 aromatic rings. The third kappa shape index (κ3) is 2.47. The topological polar surface area (TPSA) is 38.7 Å². The van der Waals surface area contributed by atoms with E-state index in [0.717, 1.165) is 22.1 Å². The summed E-state index contributed by atoms with van der Waals surface area (Å²) >= 11 is 0. The van der Waals surface area contributed by atoms with Gasteiger partial charge in [0, 0.05) is 12.0 Å². The van der Waals surface area contributed by atoms with Crippen molar-refractivity contribution in [1.82, 2.24) is 0 Å². The first-order valence-electron chi connectivity index (χ1n) is 6.09.